The van der Waals surface area contributed by atoms with Crippen molar-refractivity contribution < 1.29 is 14.3 Å². The van der Waals surface area contributed by atoms with Gasteiger partial charge in [-0.25, -0.2) is 0 Å². The zero-order valence-corrected chi connectivity index (χ0v) is 14.9. The fourth-order valence-electron chi connectivity index (χ4n) is 2.87. The first-order valence-electron chi connectivity index (χ1n) is 8.72. The van der Waals surface area contributed by atoms with Crippen LogP contribution in [0.15, 0.2) is 48.5 Å². The lowest BCUT2D eigenvalue weighted by atomic mass is 10.2. The molecule has 4 rings (SSSR count). The van der Waals surface area contributed by atoms with Gasteiger partial charge in [0.25, 0.3) is 0 Å². The Hall–Kier alpha value is -3.42. The Kier molecular flexibility index (Phi) is 4.69. The molecule has 3 aromatic rings. The quantitative estimate of drug-likeness (QED) is 0.665. The molecule has 2 heterocycles. The van der Waals surface area contributed by atoms with Crippen molar-refractivity contribution in [1.29, 1.82) is 0 Å². The highest BCUT2D eigenvalue weighted by Gasteiger charge is 2.18. The summed E-state index contributed by atoms with van der Waals surface area (Å²) in [5.41, 5.74) is 1.84. The molecule has 8 nitrogen and oxygen atoms in total. The van der Waals surface area contributed by atoms with Gasteiger partial charge in [-0.1, -0.05) is 36.4 Å². The summed E-state index contributed by atoms with van der Waals surface area (Å²) < 4.78 is 10.7. The van der Waals surface area contributed by atoms with Gasteiger partial charge in [0.2, 0.25) is 18.5 Å². The smallest absolute Gasteiger partial charge is 0.246 e. The standard InChI is InChI=1S/C19H19N5O3/c1-2-23(11-14-8-9-16-17(10-14)27-13-26-16)18(25)12-24-21-19(20-22-24)15-6-4-3-5-7-15/h3-10H,2,11-13H2,1H3. The first-order chi connectivity index (χ1) is 13.2. The zero-order valence-electron chi connectivity index (χ0n) is 14.9. The molecule has 1 aromatic heterocycles. The van der Waals surface area contributed by atoms with Gasteiger partial charge in [0, 0.05) is 18.7 Å². The number of carbonyl (C=O) groups is 1. The third-order valence-corrected chi connectivity index (χ3v) is 4.31. The number of hydrogen-bond donors (Lipinski definition) is 0. The van der Waals surface area contributed by atoms with Crippen LogP contribution in [0.4, 0.5) is 0 Å². The second-order valence-corrected chi connectivity index (χ2v) is 6.11. The van der Waals surface area contributed by atoms with E-state index in [1.807, 2.05) is 55.5 Å². The zero-order chi connectivity index (χ0) is 18.6. The highest BCUT2D eigenvalue weighted by atomic mass is 16.7. The maximum atomic E-state index is 12.7. The number of rotatable bonds is 6. The van der Waals surface area contributed by atoms with Crippen LogP contribution >= 0.6 is 0 Å². The van der Waals surface area contributed by atoms with E-state index in [1.165, 1.54) is 4.80 Å². The van der Waals surface area contributed by atoms with Gasteiger partial charge < -0.3 is 14.4 Å². The number of carbonyl (C=O) groups excluding carboxylic acids is 1. The number of amides is 1. The van der Waals surface area contributed by atoms with E-state index in [0.29, 0.717) is 24.7 Å². The number of likely N-dealkylation sites (N-methyl/N-ethyl adjacent to an activating group) is 1. The van der Waals surface area contributed by atoms with E-state index in [4.69, 9.17) is 9.47 Å². The topological polar surface area (TPSA) is 82.4 Å². The van der Waals surface area contributed by atoms with Crippen LogP contribution in [0.5, 0.6) is 11.5 Å². The Balaban J connectivity index is 1.43. The third-order valence-electron chi connectivity index (χ3n) is 4.31. The molecule has 1 aliphatic rings. The monoisotopic (exact) mass is 365 g/mol. The highest BCUT2D eigenvalue weighted by molar-refractivity contribution is 5.75. The van der Waals surface area contributed by atoms with Crippen molar-refractivity contribution >= 4 is 5.91 Å². The van der Waals surface area contributed by atoms with Crippen LogP contribution in [0.1, 0.15) is 12.5 Å². The van der Waals surface area contributed by atoms with Crippen molar-refractivity contribution in [1.82, 2.24) is 25.1 Å². The molecule has 0 atom stereocenters. The first kappa shape index (κ1) is 17.0. The summed E-state index contributed by atoms with van der Waals surface area (Å²) in [5.74, 6) is 1.87. The van der Waals surface area contributed by atoms with Crippen LogP contribution in [-0.2, 0) is 17.9 Å². The summed E-state index contributed by atoms with van der Waals surface area (Å²) in [6.45, 7) is 3.27. The van der Waals surface area contributed by atoms with Gasteiger partial charge in [-0.2, -0.15) is 4.80 Å². The second-order valence-electron chi connectivity index (χ2n) is 6.11. The Bertz CT molecular complexity index is 942. The summed E-state index contributed by atoms with van der Waals surface area (Å²) in [7, 11) is 0. The van der Waals surface area contributed by atoms with Crippen LogP contribution in [0.3, 0.4) is 0 Å². The van der Waals surface area contributed by atoms with Crippen LogP contribution in [0.25, 0.3) is 11.4 Å². The van der Waals surface area contributed by atoms with Crippen molar-refractivity contribution in [2.75, 3.05) is 13.3 Å². The van der Waals surface area contributed by atoms with Crippen molar-refractivity contribution in [2.45, 2.75) is 20.0 Å². The lowest BCUT2D eigenvalue weighted by Gasteiger charge is -2.20. The number of tetrazole rings is 1. The van der Waals surface area contributed by atoms with E-state index in [0.717, 1.165) is 16.9 Å². The number of aromatic nitrogens is 4. The van der Waals surface area contributed by atoms with Gasteiger partial charge in [0.1, 0.15) is 6.54 Å². The molecule has 0 saturated heterocycles. The Morgan fingerprint density at radius 1 is 1.15 bits per heavy atom. The van der Waals surface area contributed by atoms with Gasteiger partial charge >= 0.3 is 0 Å². The molecule has 138 valence electrons. The highest BCUT2D eigenvalue weighted by Crippen LogP contribution is 2.32. The van der Waals surface area contributed by atoms with Crippen molar-refractivity contribution in [3.63, 3.8) is 0 Å². The minimum atomic E-state index is -0.0767. The number of benzene rings is 2. The summed E-state index contributed by atoms with van der Waals surface area (Å²) in [4.78, 5) is 15.7. The predicted octanol–water partition coefficient (Wildman–Crippen LogP) is 2.12. The summed E-state index contributed by atoms with van der Waals surface area (Å²) in [5, 5.41) is 12.3. The van der Waals surface area contributed by atoms with Crippen molar-refractivity contribution in [3.05, 3.63) is 54.1 Å². The average Bonchev–Trinajstić information content (AvgIpc) is 3.35. The molecule has 27 heavy (non-hydrogen) atoms. The number of fused-ring (bicyclic) bond motifs is 1. The summed E-state index contributed by atoms with van der Waals surface area (Å²) in [6.07, 6.45) is 0. The van der Waals surface area contributed by atoms with Crippen LogP contribution in [0, 0.1) is 0 Å². The van der Waals surface area contributed by atoms with Crippen molar-refractivity contribution in [2.24, 2.45) is 0 Å². The molecule has 0 bridgehead atoms. The molecule has 0 unspecified atom stereocenters. The molecule has 0 saturated carbocycles. The largest absolute Gasteiger partial charge is 0.454 e. The van der Waals surface area contributed by atoms with E-state index >= 15 is 0 Å². The van der Waals surface area contributed by atoms with E-state index < -0.39 is 0 Å². The average molecular weight is 365 g/mol. The molecule has 0 N–H and O–H groups in total. The van der Waals surface area contributed by atoms with Crippen LogP contribution < -0.4 is 9.47 Å². The van der Waals surface area contributed by atoms with E-state index in [1.54, 1.807) is 4.90 Å². The fraction of sp³-hybridized carbons (Fsp3) is 0.263. The Labute approximate surface area is 156 Å². The molecule has 0 fully saturated rings. The predicted molar refractivity (Wildman–Crippen MR) is 96.9 cm³/mol. The molecular formula is C19H19N5O3. The number of ether oxygens (including phenoxy) is 2. The molecule has 2 aromatic carbocycles. The lowest BCUT2D eigenvalue weighted by molar-refractivity contribution is -0.132. The molecular weight excluding hydrogens is 346 g/mol. The van der Waals surface area contributed by atoms with E-state index in [2.05, 4.69) is 15.4 Å². The van der Waals surface area contributed by atoms with Gasteiger partial charge in [0.15, 0.2) is 11.5 Å². The van der Waals surface area contributed by atoms with Gasteiger partial charge in [-0.15, -0.1) is 10.2 Å². The van der Waals surface area contributed by atoms with E-state index in [-0.39, 0.29) is 19.2 Å². The maximum Gasteiger partial charge on any atom is 0.246 e. The molecule has 1 aliphatic heterocycles. The SMILES string of the molecule is CCN(Cc1ccc2c(c1)OCO2)C(=O)Cn1nnc(-c2ccccc2)n1. The summed E-state index contributed by atoms with van der Waals surface area (Å²) in [6, 6.07) is 15.2. The third kappa shape index (κ3) is 3.74. The minimum Gasteiger partial charge on any atom is -0.454 e. The Morgan fingerprint density at radius 2 is 1.96 bits per heavy atom. The van der Waals surface area contributed by atoms with Gasteiger partial charge in [0.05, 0.1) is 0 Å². The normalized spacial score (nSPS) is 12.2. The molecule has 0 spiro atoms. The lowest BCUT2D eigenvalue weighted by Crippen LogP contribution is -2.33. The van der Waals surface area contributed by atoms with Crippen LogP contribution in [-0.4, -0.2) is 44.4 Å². The second kappa shape index (κ2) is 7.45. The molecule has 8 heteroatoms. The first-order valence-corrected chi connectivity index (χ1v) is 8.72. The van der Waals surface area contributed by atoms with E-state index in [9.17, 15) is 4.79 Å². The van der Waals surface area contributed by atoms with Gasteiger partial charge in [-0.05, 0) is 29.8 Å². The maximum absolute atomic E-state index is 12.7. The number of hydrogen-bond acceptors (Lipinski definition) is 6. The molecule has 1 amide bonds. The molecule has 0 aliphatic carbocycles. The van der Waals surface area contributed by atoms with Crippen LogP contribution in [0.2, 0.25) is 0 Å². The fourth-order valence-corrected chi connectivity index (χ4v) is 2.87. The summed E-state index contributed by atoms with van der Waals surface area (Å²) >= 11 is 0. The van der Waals surface area contributed by atoms with Gasteiger partial charge in [-0.3, -0.25) is 4.79 Å². The minimum absolute atomic E-state index is 0.0399. The molecule has 0 radical (unpaired) electrons. The number of nitrogens with zero attached hydrogens (tertiary/aromatic N) is 5. The Morgan fingerprint density at radius 3 is 2.78 bits per heavy atom. The van der Waals surface area contributed by atoms with Crippen molar-refractivity contribution in [3.8, 4) is 22.9 Å².